The monoisotopic (exact) mass is 355 g/mol. The van der Waals surface area contributed by atoms with Gasteiger partial charge in [-0.3, -0.25) is 14.2 Å². The van der Waals surface area contributed by atoms with Crippen molar-refractivity contribution in [2.45, 2.75) is 26.3 Å². The highest BCUT2D eigenvalue weighted by Crippen LogP contribution is 2.26. The SMILES string of the molecule is Cc1sc(=O)n(CCCC(=O)O)c1-c1ccc(Br)cc1. The summed E-state index contributed by atoms with van der Waals surface area (Å²) in [5.74, 6) is -0.838. The minimum absolute atomic E-state index is 0.0363. The van der Waals surface area contributed by atoms with Gasteiger partial charge < -0.3 is 5.11 Å². The Morgan fingerprint density at radius 3 is 2.60 bits per heavy atom. The number of halogens is 1. The van der Waals surface area contributed by atoms with Crippen molar-refractivity contribution < 1.29 is 9.90 Å². The summed E-state index contributed by atoms with van der Waals surface area (Å²) in [6, 6.07) is 7.76. The van der Waals surface area contributed by atoms with Gasteiger partial charge in [-0.1, -0.05) is 39.4 Å². The number of thiazole rings is 1. The zero-order valence-corrected chi connectivity index (χ0v) is 13.3. The molecule has 0 radical (unpaired) electrons. The standard InChI is InChI=1S/C14H14BrNO3S/c1-9-13(10-4-6-11(15)7-5-10)16(14(19)20-9)8-2-3-12(17)18/h4-7H,2-3,8H2,1H3,(H,17,18). The van der Waals surface area contributed by atoms with E-state index >= 15 is 0 Å². The van der Waals surface area contributed by atoms with Crippen LogP contribution in [-0.4, -0.2) is 15.6 Å². The van der Waals surface area contributed by atoms with E-state index in [1.807, 2.05) is 31.2 Å². The van der Waals surface area contributed by atoms with Crippen molar-refractivity contribution in [2.75, 3.05) is 0 Å². The molecule has 0 unspecified atom stereocenters. The molecule has 0 aliphatic rings. The van der Waals surface area contributed by atoms with Gasteiger partial charge >= 0.3 is 10.8 Å². The van der Waals surface area contributed by atoms with Gasteiger partial charge in [-0.2, -0.15) is 0 Å². The predicted molar refractivity (Wildman–Crippen MR) is 83.3 cm³/mol. The van der Waals surface area contributed by atoms with Crippen molar-refractivity contribution in [1.82, 2.24) is 4.57 Å². The third kappa shape index (κ3) is 3.37. The molecule has 20 heavy (non-hydrogen) atoms. The Morgan fingerprint density at radius 1 is 1.35 bits per heavy atom. The van der Waals surface area contributed by atoms with Crippen LogP contribution in [0.3, 0.4) is 0 Å². The number of hydrogen-bond donors (Lipinski definition) is 1. The van der Waals surface area contributed by atoms with Crippen LogP contribution in [0.5, 0.6) is 0 Å². The van der Waals surface area contributed by atoms with Gasteiger partial charge in [-0.15, -0.1) is 0 Å². The molecule has 2 rings (SSSR count). The molecule has 106 valence electrons. The van der Waals surface area contributed by atoms with Gasteiger partial charge in [0.1, 0.15) is 0 Å². The summed E-state index contributed by atoms with van der Waals surface area (Å²) < 4.78 is 2.65. The van der Waals surface area contributed by atoms with Crippen LogP contribution in [-0.2, 0) is 11.3 Å². The highest BCUT2D eigenvalue weighted by molar-refractivity contribution is 9.10. The lowest BCUT2D eigenvalue weighted by Gasteiger charge is -2.08. The van der Waals surface area contributed by atoms with Crippen molar-refractivity contribution in [3.05, 3.63) is 43.3 Å². The molecule has 0 aliphatic carbocycles. The Labute approximate surface area is 128 Å². The maximum absolute atomic E-state index is 12.0. The summed E-state index contributed by atoms with van der Waals surface area (Å²) in [5.41, 5.74) is 1.86. The molecule has 1 heterocycles. The van der Waals surface area contributed by atoms with Gasteiger partial charge in [0, 0.05) is 22.3 Å². The lowest BCUT2D eigenvalue weighted by atomic mass is 10.1. The quantitative estimate of drug-likeness (QED) is 0.892. The summed E-state index contributed by atoms with van der Waals surface area (Å²) in [4.78, 5) is 23.5. The average molecular weight is 356 g/mol. The van der Waals surface area contributed by atoms with Crippen molar-refractivity contribution in [1.29, 1.82) is 0 Å². The second kappa shape index (κ2) is 6.37. The number of hydrogen-bond acceptors (Lipinski definition) is 3. The first-order valence-corrected chi connectivity index (χ1v) is 7.78. The molecule has 1 aromatic carbocycles. The highest BCUT2D eigenvalue weighted by atomic mass is 79.9. The van der Waals surface area contributed by atoms with Gasteiger partial charge in [-0.25, -0.2) is 0 Å². The van der Waals surface area contributed by atoms with Crippen LogP contribution in [0.1, 0.15) is 17.7 Å². The first-order valence-electron chi connectivity index (χ1n) is 6.17. The van der Waals surface area contributed by atoms with Crippen LogP contribution >= 0.6 is 27.3 Å². The van der Waals surface area contributed by atoms with Crippen LogP contribution in [0, 0.1) is 6.92 Å². The molecule has 6 heteroatoms. The second-order valence-electron chi connectivity index (χ2n) is 4.43. The number of aliphatic carboxylic acids is 1. The molecule has 0 amide bonds. The number of aryl methyl sites for hydroxylation is 1. The van der Waals surface area contributed by atoms with Crippen molar-refractivity contribution in [3.8, 4) is 11.3 Å². The Hall–Kier alpha value is -1.40. The first-order chi connectivity index (χ1) is 9.49. The van der Waals surface area contributed by atoms with Crippen LogP contribution in [0.25, 0.3) is 11.3 Å². The summed E-state index contributed by atoms with van der Waals surface area (Å²) in [5, 5.41) is 8.69. The van der Waals surface area contributed by atoms with E-state index in [0.717, 1.165) is 20.6 Å². The van der Waals surface area contributed by atoms with E-state index in [1.165, 1.54) is 11.3 Å². The van der Waals surface area contributed by atoms with Gasteiger partial charge in [0.05, 0.1) is 5.69 Å². The van der Waals surface area contributed by atoms with Crippen LogP contribution in [0.2, 0.25) is 0 Å². The molecule has 0 atom stereocenters. The summed E-state index contributed by atoms with van der Waals surface area (Å²) >= 11 is 4.59. The Morgan fingerprint density at radius 2 is 2.00 bits per heavy atom. The number of benzene rings is 1. The Bertz CT molecular complexity index is 673. The van der Waals surface area contributed by atoms with Gasteiger partial charge in [0.2, 0.25) is 0 Å². The van der Waals surface area contributed by atoms with Crippen molar-refractivity contribution in [3.63, 3.8) is 0 Å². The minimum atomic E-state index is -0.838. The number of carbonyl (C=O) groups is 1. The molecule has 0 spiro atoms. The van der Waals surface area contributed by atoms with Gasteiger partial charge in [-0.05, 0) is 31.0 Å². The third-order valence-electron chi connectivity index (χ3n) is 2.95. The molecule has 0 aliphatic heterocycles. The lowest BCUT2D eigenvalue weighted by molar-refractivity contribution is -0.137. The Kier molecular flexibility index (Phi) is 4.77. The topological polar surface area (TPSA) is 59.3 Å². The van der Waals surface area contributed by atoms with E-state index in [9.17, 15) is 9.59 Å². The largest absolute Gasteiger partial charge is 0.481 e. The van der Waals surface area contributed by atoms with Crippen LogP contribution in [0.4, 0.5) is 0 Å². The van der Waals surface area contributed by atoms with E-state index < -0.39 is 5.97 Å². The average Bonchev–Trinajstić information content (AvgIpc) is 2.65. The maximum atomic E-state index is 12.0. The fourth-order valence-corrected chi connectivity index (χ4v) is 3.22. The minimum Gasteiger partial charge on any atom is -0.481 e. The molecule has 1 aromatic heterocycles. The van der Waals surface area contributed by atoms with E-state index in [1.54, 1.807) is 4.57 Å². The number of rotatable bonds is 5. The van der Waals surface area contributed by atoms with E-state index in [-0.39, 0.29) is 11.3 Å². The molecule has 4 nitrogen and oxygen atoms in total. The molecular formula is C14H14BrNO3S. The highest BCUT2D eigenvalue weighted by Gasteiger charge is 2.13. The van der Waals surface area contributed by atoms with E-state index in [4.69, 9.17) is 5.11 Å². The summed E-state index contributed by atoms with van der Waals surface area (Å²) in [6.07, 6.45) is 0.524. The summed E-state index contributed by atoms with van der Waals surface area (Å²) in [6.45, 7) is 2.35. The molecule has 0 bridgehead atoms. The molecule has 2 aromatic rings. The predicted octanol–water partition coefficient (Wildman–Crippen LogP) is 3.51. The smallest absolute Gasteiger partial charge is 0.307 e. The number of carboxylic acids is 1. The molecular weight excluding hydrogens is 342 g/mol. The van der Waals surface area contributed by atoms with Crippen LogP contribution in [0.15, 0.2) is 33.5 Å². The Balaban J connectivity index is 2.34. The van der Waals surface area contributed by atoms with E-state index in [2.05, 4.69) is 15.9 Å². The number of nitrogens with zero attached hydrogens (tertiary/aromatic N) is 1. The van der Waals surface area contributed by atoms with Crippen molar-refractivity contribution >= 4 is 33.2 Å². The van der Waals surface area contributed by atoms with Gasteiger partial charge in [0.15, 0.2) is 0 Å². The first kappa shape index (κ1) is 15.0. The second-order valence-corrected chi connectivity index (χ2v) is 6.51. The van der Waals surface area contributed by atoms with Crippen LogP contribution < -0.4 is 4.87 Å². The fraction of sp³-hybridized carbons (Fsp3) is 0.286. The zero-order chi connectivity index (χ0) is 14.7. The summed E-state index contributed by atoms with van der Waals surface area (Å²) in [7, 11) is 0. The number of aromatic nitrogens is 1. The fourth-order valence-electron chi connectivity index (χ4n) is 2.07. The molecule has 0 saturated carbocycles. The molecule has 1 N–H and O–H groups in total. The normalized spacial score (nSPS) is 10.7. The lowest BCUT2D eigenvalue weighted by Crippen LogP contribution is -2.15. The zero-order valence-electron chi connectivity index (χ0n) is 10.9. The third-order valence-corrected chi connectivity index (χ3v) is 4.38. The van der Waals surface area contributed by atoms with Crippen molar-refractivity contribution in [2.24, 2.45) is 0 Å². The van der Waals surface area contributed by atoms with E-state index in [0.29, 0.717) is 13.0 Å². The molecule has 0 saturated heterocycles. The molecule has 0 fully saturated rings. The number of carboxylic acid groups (broad SMARTS) is 1. The van der Waals surface area contributed by atoms with Gasteiger partial charge in [0.25, 0.3) is 0 Å². The maximum Gasteiger partial charge on any atom is 0.307 e.